The number of halogens is 1. The Morgan fingerprint density at radius 3 is 1.56 bits per heavy atom. The van der Waals surface area contributed by atoms with E-state index >= 15 is 0 Å². The zero-order valence-corrected chi connectivity index (χ0v) is 23.9. The summed E-state index contributed by atoms with van der Waals surface area (Å²) >= 11 is 2.57. The highest BCUT2D eigenvalue weighted by atomic mass is 127. The highest BCUT2D eigenvalue weighted by Crippen LogP contribution is 2.29. The van der Waals surface area contributed by atoms with E-state index in [4.69, 9.17) is 6.42 Å². The molecule has 32 heavy (non-hydrogen) atoms. The van der Waals surface area contributed by atoms with Crippen molar-refractivity contribution in [2.75, 3.05) is 13.1 Å². The number of terminal acetylenes is 1. The second-order valence-corrected chi connectivity index (χ2v) is 11.1. The van der Waals surface area contributed by atoms with Crippen molar-refractivity contribution >= 4 is 22.6 Å². The molecule has 2 heteroatoms. The maximum absolute atomic E-state index is 6.09. The first-order valence-corrected chi connectivity index (χ1v) is 14.8. The van der Waals surface area contributed by atoms with E-state index in [2.05, 4.69) is 74.4 Å². The monoisotopic (exact) mass is 552 g/mol. The normalized spacial score (nSPS) is 12.6. The second-order valence-electron chi connectivity index (χ2n) is 9.94. The quantitative estimate of drug-likeness (QED) is 0.0400. The largest absolute Gasteiger partial charge is 0.299 e. The second kappa shape index (κ2) is 17.9. The van der Waals surface area contributed by atoms with Gasteiger partial charge in [0.1, 0.15) is 6.54 Å². The molecule has 0 saturated heterocycles. The minimum absolute atomic E-state index is 0.242. The van der Waals surface area contributed by atoms with Crippen molar-refractivity contribution in [3.63, 3.8) is 0 Å². The molecule has 0 saturated carbocycles. The van der Waals surface area contributed by atoms with Crippen LogP contribution in [0.25, 0.3) is 0 Å². The molecule has 182 valence electrons. The lowest BCUT2D eigenvalue weighted by Crippen LogP contribution is -2.53. The number of hydrogen-bond donors (Lipinski definition) is 0. The highest BCUT2D eigenvalue weighted by molar-refractivity contribution is 14.1. The van der Waals surface area contributed by atoms with Gasteiger partial charge in [0.05, 0.1) is 13.1 Å². The predicted molar refractivity (Wildman–Crippen MR) is 152 cm³/mol. The van der Waals surface area contributed by atoms with E-state index < -0.39 is 0 Å². The zero-order chi connectivity index (χ0) is 23.7. The van der Waals surface area contributed by atoms with Crippen molar-refractivity contribution in [1.29, 1.82) is 0 Å². The van der Waals surface area contributed by atoms with E-state index in [9.17, 15) is 0 Å². The Kier molecular flexibility index (Phi) is 16.5. The third-order valence-electron chi connectivity index (χ3n) is 7.15. The molecule has 1 aromatic rings. The highest BCUT2D eigenvalue weighted by Gasteiger charge is 2.34. The van der Waals surface area contributed by atoms with Crippen molar-refractivity contribution in [2.24, 2.45) is 0 Å². The zero-order valence-electron chi connectivity index (χ0n) is 21.7. The Bertz CT molecular complexity index is 606. The number of quaternary nitrogens is 1. The minimum Gasteiger partial charge on any atom is -0.299 e. The van der Waals surface area contributed by atoms with Gasteiger partial charge in [-0.25, -0.2) is 0 Å². The topological polar surface area (TPSA) is 0 Å². The Hall–Kier alpha value is -0.530. The fraction of sp³-hybridized carbons (Fsp3) is 0.733. The average molecular weight is 553 g/mol. The molecule has 0 aliphatic heterocycles. The molecular weight excluding hydrogens is 501 g/mol. The van der Waals surface area contributed by atoms with Crippen LogP contribution in [0.1, 0.15) is 120 Å². The van der Waals surface area contributed by atoms with Gasteiger partial charge in [0.2, 0.25) is 4.05 Å². The molecular formula is C30H51IN+. The van der Waals surface area contributed by atoms with Gasteiger partial charge in [-0.15, -0.1) is 6.42 Å². The molecule has 1 aromatic carbocycles. The third-order valence-corrected chi connectivity index (χ3v) is 8.69. The van der Waals surface area contributed by atoms with E-state index in [0.29, 0.717) is 0 Å². The number of nitrogens with zero attached hydrogens (tertiary/aromatic N) is 1. The lowest BCUT2D eigenvalue weighted by Gasteiger charge is -2.42. The van der Waals surface area contributed by atoms with E-state index in [1.807, 2.05) is 0 Å². The maximum Gasteiger partial charge on any atom is 0.200 e. The van der Waals surface area contributed by atoms with Gasteiger partial charge in [0, 0.05) is 28.2 Å². The number of hydrogen-bond acceptors (Lipinski definition) is 0. The number of aryl methyl sites for hydroxylation is 2. The standard InChI is InChI=1S/C30H51IN/c1-6-9-11-13-15-17-19-24-32(30(31)8-3,25-20-18-16-14-12-10-7-2)26-29-27(4)22-21-23-28(29)5/h3,21-23,30H,6-7,9-20,24-26H2,1-2,4-5H3/q+1. The first-order chi connectivity index (χ1) is 15.5. The summed E-state index contributed by atoms with van der Waals surface area (Å²) in [5, 5.41) is 0. The summed E-state index contributed by atoms with van der Waals surface area (Å²) in [6, 6.07) is 6.74. The average Bonchev–Trinajstić information content (AvgIpc) is 2.79. The fourth-order valence-corrected chi connectivity index (χ4v) is 5.67. The summed E-state index contributed by atoms with van der Waals surface area (Å²) in [6.07, 6.45) is 25.2. The smallest absolute Gasteiger partial charge is 0.200 e. The number of unbranched alkanes of at least 4 members (excludes halogenated alkanes) is 12. The lowest BCUT2D eigenvalue weighted by molar-refractivity contribution is -0.940. The molecule has 0 aliphatic rings. The van der Waals surface area contributed by atoms with Crippen LogP contribution in [-0.2, 0) is 6.54 Å². The molecule has 0 bridgehead atoms. The van der Waals surface area contributed by atoms with Crippen molar-refractivity contribution in [3.8, 4) is 12.3 Å². The number of rotatable bonds is 19. The summed E-state index contributed by atoms with van der Waals surface area (Å²) in [5.41, 5.74) is 4.37. The van der Waals surface area contributed by atoms with E-state index in [0.717, 1.165) is 11.0 Å². The molecule has 1 atom stereocenters. The van der Waals surface area contributed by atoms with Gasteiger partial charge in [-0.3, -0.25) is 4.48 Å². The van der Waals surface area contributed by atoms with Crippen molar-refractivity contribution in [2.45, 2.75) is 128 Å². The minimum atomic E-state index is 0.242. The van der Waals surface area contributed by atoms with Crippen LogP contribution in [0.2, 0.25) is 0 Å². The van der Waals surface area contributed by atoms with Gasteiger partial charge in [-0.1, -0.05) is 96.3 Å². The van der Waals surface area contributed by atoms with Gasteiger partial charge in [0.15, 0.2) is 0 Å². The Labute approximate surface area is 214 Å². The van der Waals surface area contributed by atoms with Gasteiger partial charge < -0.3 is 0 Å². The molecule has 0 amide bonds. The maximum atomic E-state index is 6.09. The molecule has 0 heterocycles. The van der Waals surface area contributed by atoms with Crippen LogP contribution >= 0.6 is 22.6 Å². The van der Waals surface area contributed by atoms with Crippen LogP contribution in [-0.4, -0.2) is 21.6 Å². The Morgan fingerprint density at radius 2 is 1.16 bits per heavy atom. The van der Waals surface area contributed by atoms with Crippen LogP contribution in [0.15, 0.2) is 18.2 Å². The summed E-state index contributed by atoms with van der Waals surface area (Å²) in [4.78, 5) is 0. The van der Waals surface area contributed by atoms with Gasteiger partial charge in [-0.05, 0) is 56.6 Å². The Morgan fingerprint density at radius 1 is 0.750 bits per heavy atom. The molecule has 0 aliphatic carbocycles. The van der Waals surface area contributed by atoms with Gasteiger partial charge in [-0.2, -0.15) is 0 Å². The van der Waals surface area contributed by atoms with Gasteiger partial charge >= 0.3 is 0 Å². The molecule has 1 nitrogen and oxygen atoms in total. The van der Waals surface area contributed by atoms with Crippen molar-refractivity contribution < 1.29 is 4.48 Å². The van der Waals surface area contributed by atoms with Crippen LogP contribution in [0.5, 0.6) is 0 Å². The van der Waals surface area contributed by atoms with Gasteiger partial charge in [0.25, 0.3) is 0 Å². The molecule has 1 unspecified atom stereocenters. The number of alkyl halides is 1. The predicted octanol–water partition coefficient (Wildman–Crippen LogP) is 9.52. The molecule has 0 fully saturated rings. The first kappa shape index (κ1) is 29.5. The third kappa shape index (κ3) is 11.1. The van der Waals surface area contributed by atoms with Crippen LogP contribution in [0.4, 0.5) is 0 Å². The fourth-order valence-electron chi connectivity index (χ4n) is 4.92. The molecule has 0 N–H and O–H groups in total. The number of benzene rings is 1. The van der Waals surface area contributed by atoms with Crippen LogP contribution in [0, 0.1) is 26.2 Å². The Balaban J connectivity index is 2.84. The summed E-state index contributed by atoms with van der Waals surface area (Å²) < 4.78 is 1.30. The SMILES string of the molecule is C#CC(I)[N+](CCCCCCCCC)(CCCCCCCCC)Cc1c(C)cccc1C. The molecule has 1 rings (SSSR count). The lowest BCUT2D eigenvalue weighted by atomic mass is 10.00. The summed E-state index contributed by atoms with van der Waals surface area (Å²) in [7, 11) is 0. The van der Waals surface area contributed by atoms with Crippen LogP contribution < -0.4 is 0 Å². The van der Waals surface area contributed by atoms with Crippen molar-refractivity contribution in [3.05, 3.63) is 34.9 Å². The molecule has 0 aromatic heterocycles. The van der Waals surface area contributed by atoms with E-state index in [1.54, 1.807) is 0 Å². The van der Waals surface area contributed by atoms with Crippen molar-refractivity contribution in [1.82, 2.24) is 0 Å². The summed E-state index contributed by atoms with van der Waals surface area (Å²) in [6.45, 7) is 12.7. The van der Waals surface area contributed by atoms with E-state index in [-0.39, 0.29) is 4.05 Å². The molecule has 0 spiro atoms. The van der Waals surface area contributed by atoms with E-state index in [1.165, 1.54) is 120 Å². The van der Waals surface area contributed by atoms with Crippen LogP contribution in [0.3, 0.4) is 0 Å². The molecule has 0 radical (unpaired) electrons. The summed E-state index contributed by atoms with van der Waals surface area (Å²) in [5.74, 6) is 3.16. The first-order valence-electron chi connectivity index (χ1n) is 13.5.